The van der Waals surface area contributed by atoms with E-state index in [0.717, 1.165) is 94.1 Å². The molecule has 0 aliphatic rings. The van der Waals surface area contributed by atoms with E-state index in [1.165, 1.54) is 16.5 Å². The molecule has 11 rings (SSSR count). The third-order valence-corrected chi connectivity index (χ3v) is 11.5. The van der Waals surface area contributed by atoms with Crippen molar-refractivity contribution in [1.29, 1.82) is 0 Å². The number of anilines is 3. The third-order valence-electron chi connectivity index (χ3n) is 11.5. The van der Waals surface area contributed by atoms with Crippen LogP contribution in [-0.2, 0) is 0 Å². The third kappa shape index (κ3) is 6.00. The van der Waals surface area contributed by atoms with Gasteiger partial charge in [-0.2, -0.15) is 0 Å². The van der Waals surface area contributed by atoms with Gasteiger partial charge in [0, 0.05) is 49.9 Å². The summed E-state index contributed by atoms with van der Waals surface area (Å²) in [6.45, 7) is 3.84. The fourth-order valence-electron chi connectivity index (χ4n) is 8.59. The maximum atomic E-state index is 6.51. The van der Waals surface area contributed by atoms with Gasteiger partial charge in [-0.3, -0.25) is 0 Å². The van der Waals surface area contributed by atoms with Gasteiger partial charge in [0.2, 0.25) is 0 Å². The molecule has 0 fully saturated rings. The predicted molar refractivity (Wildman–Crippen MR) is 249 cm³/mol. The molecule has 0 N–H and O–H groups in total. The number of fused-ring (bicyclic) bond motifs is 8. The quantitative estimate of drug-likeness (QED) is 0.145. The zero-order valence-corrected chi connectivity index (χ0v) is 32.2. The Morgan fingerprint density at radius 1 is 0.407 bits per heavy atom. The smallest absolute Gasteiger partial charge is 0.143 e. The fraction of sp³-hybridized carbons (Fsp3) is 0. The second-order valence-corrected chi connectivity index (χ2v) is 14.9. The van der Waals surface area contributed by atoms with E-state index in [9.17, 15) is 0 Å². The van der Waals surface area contributed by atoms with E-state index >= 15 is 0 Å². The van der Waals surface area contributed by atoms with E-state index in [1.54, 1.807) is 0 Å². The molecule has 9 aromatic carbocycles. The summed E-state index contributed by atoms with van der Waals surface area (Å²) in [4.78, 5) is 2.34. The number of hydrogen-bond donors (Lipinski definition) is 0. The van der Waals surface area contributed by atoms with Crippen molar-refractivity contribution in [3.63, 3.8) is 0 Å². The minimum atomic E-state index is 0.850. The Bertz CT molecular complexity index is 3400. The molecular weight excluding hydrogens is 719 g/mol. The molecule has 0 bridgehead atoms. The Hall–Kier alpha value is -7.88. The number of hydrogen-bond acceptors (Lipinski definition) is 3. The molecule has 278 valence electrons. The Morgan fingerprint density at radius 3 is 1.88 bits per heavy atom. The lowest BCUT2D eigenvalue weighted by atomic mass is 9.96. The van der Waals surface area contributed by atoms with E-state index in [4.69, 9.17) is 8.83 Å². The van der Waals surface area contributed by atoms with Gasteiger partial charge in [-0.15, -0.1) is 0 Å². The molecule has 11 aromatic rings. The van der Waals surface area contributed by atoms with E-state index < -0.39 is 0 Å². The Morgan fingerprint density at radius 2 is 1.03 bits per heavy atom. The molecule has 0 saturated heterocycles. The van der Waals surface area contributed by atoms with E-state index in [-0.39, 0.29) is 0 Å². The first-order valence-corrected chi connectivity index (χ1v) is 19.9. The molecule has 0 amide bonds. The molecule has 0 radical (unpaired) electrons. The Kier molecular flexibility index (Phi) is 8.30. The minimum Gasteiger partial charge on any atom is -0.456 e. The summed E-state index contributed by atoms with van der Waals surface area (Å²) in [6, 6.07) is 68.9. The van der Waals surface area contributed by atoms with Gasteiger partial charge < -0.3 is 13.7 Å². The lowest BCUT2D eigenvalue weighted by Crippen LogP contribution is -2.11. The zero-order chi connectivity index (χ0) is 39.3. The SMILES string of the molecule is C=C/C=C\c1ccccc1-c1ccc(-c2ccc(N(c3ccc4c(c3)oc3ccccc34)c3ccccc3-c3ccc4oc5c6ccccc6ccc5c4c3)cc2)cc1. The molecule has 2 heterocycles. The maximum Gasteiger partial charge on any atom is 0.143 e. The highest BCUT2D eigenvalue weighted by Crippen LogP contribution is 2.44. The van der Waals surface area contributed by atoms with Crippen LogP contribution in [0.5, 0.6) is 0 Å². The standard InChI is InChI=1S/C56H37NO2/c1-2-3-12-39-13-4-6-15-45(39)41-23-21-37(22-24-41)38-25-29-43(30-26-38)57(44-31-33-49-48-18-9-11-20-53(48)58-55(49)36-44)52-19-10-8-16-46(52)42-28-34-54-51(35-42)50-32-27-40-14-5-7-17-47(40)56(50)59-54/h2-36H,1H2/b12-3-. The van der Waals surface area contributed by atoms with Crippen LogP contribution in [0.25, 0.3) is 94.1 Å². The topological polar surface area (TPSA) is 29.5 Å². The highest BCUT2D eigenvalue weighted by Gasteiger charge is 2.20. The van der Waals surface area contributed by atoms with Crippen molar-refractivity contribution in [2.24, 2.45) is 0 Å². The summed E-state index contributed by atoms with van der Waals surface area (Å²) < 4.78 is 12.9. The summed E-state index contributed by atoms with van der Waals surface area (Å²) in [7, 11) is 0. The largest absolute Gasteiger partial charge is 0.456 e. The van der Waals surface area contributed by atoms with Crippen LogP contribution < -0.4 is 4.90 Å². The first-order chi connectivity index (χ1) is 29.2. The summed E-state index contributed by atoms with van der Waals surface area (Å²) in [5.41, 5.74) is 14.7. The van der Waals surface area contributed by atoms with Crippen LogP contribution in [-0.4, -0.2) is 0 Å². The molecule has 0 saturated carbocycles. The molecule has 3 nitrogen and oxygen atoms in total. The van der Waals surface area contributed by atoms with E-state index in [0.29, 0.717) is 0 Å². The molecular formula is C56H37NO2. The van der Waals surface area contributed by atoms with Crippen molar-refractivity contribution in [1.82, 2.24) is 0 Å². The second kappa shape index (κ2) is 14.3. The van der Waals surface area contributed by atoms with Gasteiger partial charge >= 0.3 is 0 Å². The van der Waals surface area contributed by atoms with Crippen LogP contribution in [0.3, 0.4) is 0 Å². The van der Waals surface area contributed by atoms with Crippen LogP contribution in [0.4, 0.5) is 17.1 Å². The normalized spacial score (nSPS) is 11.7. The van der Waals surface area contributed by atoms with Crippen LogP contribution in [0, 0.1) is 0 Å². The first-order valence-electron chi connectivity index (χ1n) is 19.9. The van der Waals surface area contributed by atoms with Gasteiger partial charge in [0.05, 0.1) is 5.69 Å². The zero-order valence-electron chi connectivity index (χ0n) is 32.2. The highest BCUT2D eigenvalue weighted by molar-refractivity contribution is 6.16. The first kappa shape index (κ1) is 34.4. The maximum absolute atomic E-state index is 6.51. The monoisotopic (exact) mass is 755 g/mol. The van der Waals surface area contributed by atoms with Crippen molar-refractivity contribution in [2.45, 2.75) is 0 Å². The van der Waals surface area contributed by atoms with Crippen molar-refractivity contribution in [2.75, 3.05) is 4.90 Å². The number of rotatable bonds is 8. The summed E-state index contributed by atoms with van der Waals surface area (Å²) >= 11 is 0. The Balaban J connectivity index is 1.02. The lowest BCUT2D eigenvalue weighted by molar-refractivity contribution is 0.669. The predicted octanol–water partition coefficient (Wildman–Crippen LogP) is 16.3. The highest BCUT2D eigenvalue weighted by atomic mass is 16.3. The number of furan rings is 2. The van der Waals surface area contributed by atoms with Crippen molar-refractivity contribution in [3.05, 3.63) is 218 Å². The molecule has 0 spiro atoms. The average molecular weight is 756 g/mol. The van der Waals surface area contributed by atoms with Crippen molar-refractivity contribution in [3.8, 4) is 33.4 Å². The van der Waals surface area contributed by atoms with Crippen molar-refractivity contribution >= 4 is 77.8 Å². The molecule has 3 heteroatoms. The van der Waals surface area contributed by atoms with Crippen LogP contribution in [0.2, 0.25) is 0 Å². The van der Waals surface area contributed by atoms with Crippen LogP contribution in [0.15, 0.2) is 222 Å². The van der Waals surface area contributed by atoms with Gasteiger partial charge in [0.25, 0.3) is 0 Å². The summed E-state index contributed by atoms with van der Waals surface area (Å²) in [5, 5.41) is 6.71. The number of allylic oxidation sites excluding steroid dienone is 2. The molecule has 2 aromatic heterocycles. The second-order valence-electron chi connectivity index (χ2n) is 14.9. The Labute approximate surface area is 342 Å². The molecule has 59 heavy (non-hydrogen) atoms. The summed E-state index contributed by atoms with van der Waals surface area (Å²) in [6.07, 6.45) is 5.89. The summed E-state index contributed by atoms with van der Waals surface area (Å²) in [5.74, 6) is 0. The minimum absolute atomic E-state index is 0.850. The average Bonchev–Trinajstić information content (AvgIpc) is 3.87. The van der Waals surface area contributed by atoms with Crippen molar-refractivity contribution < 1.29 is 8.83 Å². The van der Waals surface area contributed by atoms with E-state index in [2.05, 4.69) is 200 Å². The van der Waals surface area contributed by atoms with E-state index in [1.807, 2.05) is 24.3 Å². The lowest BCUT2D eigenvalue weighted by Gasteiger charge is -2.28. The fourth-order valence-corrected chi connectivity index (χ4v) is 8.59. The van der Waals surface area contributed by atoms with Gasteiger partial charge in [0.15, 0.2) is 0 Å². The number of para-hydroxylation sites is 2. The van der Waals surface area contributed by atoms with Gasteiger partial charge in [-0.25, -0.2) is 0 Å². The molecule has 0 unspecified atom stereocenters. The molecule has 0 atom stereocenters. The van der Waals surface area contributed by atoms with Crippen LogP contribution in [0.1, 0.15) is 5.56 Å². The van der Waals surface area contributed by atoms with Gasteiger partial charge in [0.1, 0.15) is 22.3 Å². The number of nitrogens with zero attached hydrogens (tertiary/aromatic N) is 1. The molecule has 0 aliphatic heterocycles. The van der Waals surface area contributed by atoms with Gasteiger partial charge in [-0.1, -0.05) is 158 Å². The van der Waals surface area contributed by atoms with Gasteiger partial charge in [-0.05, 0) is 93.4 Å². The molecule has 0 aliphatic carbocycles. The van der Waals surface area contributed by atoms with Crippen LogP contribution >= 0.6 is 0 Å². The number of benzene rings is 9.